The molecule has 26 heavy (non-hydrogen) atoms. The van der Waals surface area contributed by atoms with Crippen LogP contribution in [0.25, 0.3) is 10.9 Å². The predicted octanol–water partition coefficient (Wildman–Crippen LogP) is 3.16. The number of carbonyl (C=O) groups is 1. The van der Waals surface area contributed by atoms with E-state index in [0.717, 1.165) is 16.6 Å². The quantitative estimate of drug-likeness (QED) is 0.276. The van der Waals surface area contributed by atoms with Crippen LogP contribution < -0.4 is 16.2 Å². The molecule has 0 saturated heterocycles. The molecule has 130 valence electrons. The van der Waals surface area contributed by atoms with E-state index < -0.39 is 6.17 Å². The number of rotatable bonds is 3. The third-order valence-electron chi connectivity index (χ3n) is 3.98. The largest absolute Gasteiger partial charge is 0.493 e. The maximum Gasteiger partial charge on any atom is 0.232 e. The molecule has 1 aliphatic rings. The zero-order chi connectivity index (χ0) is 18.1. The number of carbonyl (C=O) groups excluding carboxylic acids is 1. The van der Waals surface area contributed by atoms with E-state index in [0.29, 0.717) is 11.3 Å². The monoisotopic (exact) mass is 366 g/mol. The Morgan fingerprint density at radius 2 is 1.92 bits per heavy atom. The fraction of sp³-hybridized carbons (Fsp3) is 0.0588. The van der Waals surface area contributed by atoms with Crippen molar-refractivity contribution in [2.24, 2.45) is 10.2 Å². The summed E-state index contributed by atoms with van der Waals surface area (Å²) in [5, 5.41) is 21.6. The van der Waals surface area contributed by atoms with Gasteiger partial charge in [-0.15, -0.1) is 5.11 Å². The van der Waals surface area contributed by atoms with Gasteiger partial charge in [0.1, 0.15) is 5.69 Å². The number of fused-ring (bicyclic) bond motifs is 2. The summed E-state index contributed by atoms with van der Waals surface area (Å²) in [5.74, 6) is -0.184. The van der Waals surface area contributed by atoms with Gasteiger partial charge in [0.05, 0.1) is 5.52 Å². The van der Waals surface area contributed by atoms with Crippen LogP contribution >= 0.6 is 12.2 Å². The van der Waals surface area contributed by atoms with Crippen LogP contribution in [0.1, 0.15) is 10.4 Å². The van der Waals surface area contributed by atoms with E-state index >= 15 is 0 Å². The number of para-hydroxylation sites is 2. The maximum absolute atomic E-state index is 12.2. The molecule has 2 heterocycles. The first-order valence-corrected chi connectivity index (χ1v) is 8.20. The minimum atomic E-state index is -0.798. The molecule has 2 aromatic carbocycles. The number of anilines is 2. The van der Waals surface area contributed by atoms with Crippen molar-refractivity contribution in [3.05, 3.63) is 54.1 Å². The average Bonchev–Trinajstić information content (AvgIpc) is 3.15. The molecule has 0 amide bonds. The van der Waals surface area contributed by atoms with Gasteiger partial charge in [-0.1, -0.05) is 30.3 Å². The number of aromatic hydroxyl groups is 1. The lowest BCUT2D eigenvalue weighted by atomic mass is 10.1. The fourth-order valence-electron chi connectivity index (χ4n) is 2.77. The first kappa shape index (κ1) is 16.0. The van der Waals surface area contributed by atoms with Gasteiger partial charge in [-0.25, -0.2) is 0 Å². The molecule has 0 spiro atoms. The molecule has 4 rings (SSSR count). The average molecular weight is 366 g/mol. The molecule has 0 bridgehead atoms. The Morgan fingerprint density at radius 1 is 1.15 bits per heavy atom. The zero-order valence-corrected chi connectivity index (χ0v) is 14.2. The van der Waals surface area contributed by atoms with Crippen LogP contribution in [0, 0.1) is 0 Å². The highest BCUT2D eigenvalue weighted by Gasteiger charge is 2.29. The number of H-pyrrole nitrogens is 1. The first-order chi connectivity index (χ1) is 12.6. The van der Waals surface area contributed by atoms with Crippen LogP contribution in [0.2, 0.25) is 0 Å². The van der Waals surface area contributed by atoms with Gasteiger partial charge in [-0.3, -0.25) is 15.6 Å². The normalized spacial score (nSPS) is 15.8. The number of aromatic nitrogens is 1. The number of benzene rings is 2. The zero-order valence-electron chi connectivity index (χ0n) is 13.4. The van der Waals surface area contributed by atoms with E-state index in [1.165, 1.54) is 0 Å². The van der Waals surface area contributed by atoms with Crippen molar-refractivity contribution >= 4 is 45.4 Å². The maximum atomic E-state index is 12.2. The lowest BCUT2D eigenvalue weighted by Gasteiger charge is -2.07. The number of nitrogens with one attached hydrogen (secondary N) is 4. The predicted molar refractivity (Wildman–Crippen MR) is 102 cm³/mol. The summed E-state index contributed by atoms with van der Waals surface area (Å²) >= 11 is 5.09. The van der Waals surface area contributed by atoms with Gasteiger partial charge in [0.15, 0.2) is 0 Å². The third kappa shape index (κ3) is 2.84. The molecule has 1 aliphatic heterocycles. The van der Waals surface area contributed by atoms with Gasteiger partial charge in [0, 0.05) is 16.6 Å². The van der Waals surface area contributed by atoms with E-state index in [2.05, 4.69) is 31.4 Å². The van der Waals surface area contributed by atoms with E-state index in [1.807, 2.05) is 30.3 Å². The van der Waals surface area contributed by atoms with Crippen molar-refractivity contribution < 1.29 is 9.90 Å². The van der Waals surface area contributed by atoms with E-state index in [-0.39, 0.29) is 16.8 Å². The number of azo groups is 1. The van der Waals surface area contributed by atoms with Crippen molar-refractivity contribution in [1.82, 2.24) is 10.4 Å². The first-order valence-electron chi connectivity index (χ1n) is 7.80. The molecule has 8 nitrogen and oxygen atoms in total. The Bertz CT molecular complexity index is 1040. The molecule has 9 heteroatoms. The minimum Gasteiger partial charge on any atom is -0.493 e. The highest BCUT2D eigenvalue weighted by Crippen LogP contribution is 2.31. The van der Waals surface area contributed by atoms with Gasteiger partial charge in [-0.2, -0.15) is 5.11 Å². The van der Waals surface area contributed by atoms with Crippen LogP contribution in [-0.4, -0.2) is 27.2 Å². The van der Waals surface area contributed by atoms with Crippen LogP contribution in [0.5, 0.6) is 5.88 Å². The summed E-state index contributed by atoms with van der Waals surface area (Å²) in [6.07, 6.45) is -0.798. The number of hydrogen-bond donors (Lipinski definition) is 5. The second-order valence-corrected chi connectivity index (χ2v) is 6.01. The summed E-state index contributed by atoms with van der Waals surface area (Å²) in [4.78, 5) is 15.1. The second kappa shape index (κ2) is 6.45. The second-order valence-electron chi connectivity index (χ2n) is 5.62. The minimum absolute atomic E-state index is 0.0264. The molecule has 3 aromatic rings. The topological polar surface area (TPSA) is 114 Å². The summed E-state index contributed by atoms with van der Waals surface area (Å²) < 4.78 is 0. The van der Waals surface area contributed by atoms with E-state index in [9.17, 15) is 9.90 Å². The van der Waals surface area contributed by atoms with E-state index in [1.54, 1.807) is 18.2 Å². The summed E-state index contributed by atoms with van der Waals surface area (Å²) in [6.45, 7) is 0. The Morgan fingerprint density at radius 3 is 2.77 bits per heavy atom. The number of thiocarbonyl (C=S) groups is 1. The van der Waals surface area contributed by atoms with Gasteiger partial charge in [0.2, 0.25) is 22.9 Å². The molecule has 0 saturated carbocycles. The number of ketones is 1. The highest BCUT2D eigenvalue weighted by molar-refractivity contribution is 7.80. The molecule has 0 fully saturated rings. The van der Waals surface area contributed by atoms with Gasteiger partial charge in [-0.05, 0) is 30.4 Å². The number of aromatic amines is 1. The van der Waals surface area contributed by atoms with Crippen LogP contribution in [0.4, 0.5) is 11.4 Å². The lowest BCUT2D eigenvalue weighted by molar-refractivity contribution is 0.0980. The van der Waals surface area contributed by atoms with Crippen molar-refractivity contribution in [1.29, 1.82) is 0 Å². The molecule has 1 aromatic heterocycles. The lowest BCUT2D eigenvalue weighted by Crippen LogP contribution is -2.27. The Hall–Kier alpha value is -3.46. The number of hydrazine groups is 1. The Labute approximate surface area is 153 Å². The molecule has 0 unspecified atom stereocenters. The molecule has 1 atom stereocenters. The molecule has 0 radical (unpaired) electrons. The fourth-order valence-corrected chi connectivity index (χ4v) is 2.87. The Balaban J connectivity index is 1.41. The summed E-state index contributed by atoms with van der Waals surface area (Å²) in [7, 11) is 0. The van der Waals surface area contributed by atoms with Gasteiger partial charge >= 0.3 is 0 Å². The van der Waals surface area contributed by atoms with Crippen molar-refractivity contribution in [2.45, 2.75) is 6.17 Å². The van der Waals surface area contributed by atoms with Crippen LogP contribution in [-0.2, 0) is 0 Å². The van der Waals surface area contributed by atoms with Crippen LogP contribution in [0.3, 0.4) is 0 Å². The molecule has 5 N–H and O–H groups in total. The van der Waals surface area contributed by atoms with Gasteiger partial charge < -0.3 is 15.4 Å². The summed E-state index contributed by atoms with van der Waals surface area (Å²) in [6, 6.07) is 14.6. The van der Waals surface area contributed by atoms with Crippen molar-refractivity contribution in [3.8, 4) is 5.88 Å². The number of Topliss-reactive ketones (excluding diaryl/α,β-unsaturated/α-hetero) is 1. The SMILES string of the molecule is O=C1c2ccccc2N[C@@H]1/N=N/C(=S)NNc1c(O)[nH]c2ccccc12. The van der Waals surface area contributed by atoms with E-state index in [4.69, 9.17) is 12.2 Å². The summed E-state index contributed by atoms with van der Waals surface area (Å²) in [5.41, 5.74) is 8.02. The number of hydrogen-bond acceptors (Lipinski definition) is 6. The smallest absolute Gasteiger partial charge is 0.232 e. The number of nitrogens with zero attached hydrogens (tertiary/aromatic N) is 2. The van der Waals surface area contributed by atoms with Crippen molar-refractivity contribution in [3.63, 3.8) is 0 Å². The highest BCUT2D eigenvalue weighted by atomic mass is 32.1. The molecular formula is C17H14N6O2S. The third-order valence-corrected chi connectivity index (χ3v) is 4.16. The standard InChI is InChI=1S/C17H14N6O2S/c24-14-10-6-2-4-8-12(10)18-15(14)21-23-17(26)22-20-13-9-5-1-3-7-11(9)19-16(13)25/h1-8,15,18-20,25H,(H,22,26)/b23-21+/t15-/m1/s1. The molecule has 0 aliphatic carbocycles. The van der Waals surface area contributed by atoms with Gasteiger partial charge in [0.25, 0.3) is 0 Å². The Kier molecular flexibility index (Phi) is 3.98. The van der Waals surface area contributed by atoms with Crippen molar-refractivity contribution in [2.75, 3.05) is 10.7 Å². The molecular weight excluding hydrogens is 352 g/mol. The van der Waals surface area contributed by atoms with Crippen LogP contribution in [0.15, 0.2) is 58.8 Å².